The Balaban J connectivity index is 2.17. The number of nitro groups is 1. The van der Waals surface area contributed by atoms with Gasteiger partial charge in [-0.2, -0.15) is 0 Å². The molecular formula is C9H5BrN2O4. The first kappa shape index (κ1) is 10.6. The number of furan rings is 1. The molecule has 2 aromatic rings. The predicted octanol–water partition coefficient (Wildman–Crippen LogP) is 3.14. The molecule has 7 heteroatoms. The number of hydrogen-bond acceptors (Lipinski definition) is 5. The zero-order valence-electron chi connectivity index (χ0n) is 7.79. The number of halogens is 1. The minimum absolute atomic E-state index is 0.0478. The van der Waals surface area contributed by atoms with Crippen molar-refractivity contribution < 1.29 is 14.1 Å². The normalized spacial score (nSPS) is 10.1. The monoisotopic (exact) mass is 284 g/mol. The van der Waals surface area contributed by atoms with Crippen molar-refractivity contribution in [2.45, 2.75) is 0 Å². The van der Waals surface area contributed by atoms with Gasteiger partial charge in [-0.15, -0.1) is 0 Å². The van der Waals surface area contributed by atoms with Crippen LogP contribution in [0, 0.1) is 10.1 Å². The molecule has 0 aliphatic rings. The van der Waals surface area contributed by atoms with E-state index >= 15 is 0 Å². The van der Waals surface area contributed by atoms with Gasteiger partial charge in [0, 0.05) is 16.7 Å². The third-order valence-corrected chi connectivity index (χ3v) is 2.08. The van der Waals surface area contributed by atoms with Gasteiger partial charge in [-0.3, -0.25) is 15.1 Å². The average Bonchev–Trinajstić information content (AvgIpc) is 2.66. The lowest BCUT2D eigenvalue weighted by Gasteiger charge is -2.00. The van der Waals surface area contributed by atoms with Gasteiger partial charge in [0.15, 0.2) is 0 Å². The summed E-state index contributed by atoms with van der Waals surface area (Å²) in [6, 6.07) is 4.27. The van der Waals surface area contributed by atoms with E-state index in [0.29, 0.717) is 5.75 Å². The molecule has 2 heterocycles. The Hall–Kier alpha value is -1.89. The van der Waals surface area contributed by atoms with E-state index in [1.165, 1.54) is 18.3 Å². The molecule has 0 aliphatic carbocycles. The topological polar surface area (TPSA) is 78.4 Å². The lowest BCUT2D eigenvalue weighted by Crippen LogP contribution is -1.84. The highest BCUT2D eigenvalue weighted by atomic mass is 79.9. The molecule has 0 amide bonds. The second kappa shape index (κ2) is 4.31. The number of ether oxygens (including phenoxy) is 1. The van der Waals surface area contributed by atoms with Crippen LogP contribution in [0.25, 0.3) is 0 Å². The van der Waals surface area contributed by atoms with E-state index in [4.69, 9.17) is 9.15 Å². The van der Waals surface area contributed by atoms with Gasteiger partial charge in [-0.1, -0.05) is 0 Å². The number of aromatic nitrogens is 1. The lowest BCUT2D eigenvalue weighted by atomic mass is 10.5. The second-order valence-corrected chi connectivity index (χ2v) is 3.71. The SMILES string of the molecule is O=[N+]([O-])c1ccc(Oc2cncc(Br)c2)o1. The predicted molar refractivity (Wildman–Crippen MR) is 57.4 cm³/mol. The van der Waals surface area contributed by atoms with E-state index in [-0.39, 0.29) is 11.8 Å². The summed E-state index contributed by atoms with van der Waals surface area (Å²) in [5.41, 5.74) is 0. The Bertz CT molecular complexity index is 526. The summed E-state index contributed by atoms with van der Waals surface area (Å²) in [5.74, 6) is 0.114. The standard InChI is InChI=1S/C9H5BrN2O4/c10-6-3-7(5-11-4-6)15-9-2-1-8(16-9)12(13)14/h1-5H. The van der Waals surface area contributed by atoms with Crippen molar-refractivity contribution in [1.29, 1.82) is 0 Å². The molecule has 16 heavy (non-hydrogen) atoms. The van der Waals surface area contributed by atoms with Crippen LogP contribution in [0.4, 0.5) is 5.88 Å². The smallest absolute Gasteiger partial charge is 0.424 e. The van der Waals surface area contributed by atoms with Crippen LogP contribution in [0.2, 0.25) is 0 Å². The maximum absolute atomic E-state index is 10.4. The molecule has 0 radical (unpaired) electrons. The first-order valence-electron chi connectivity index (χ1n) is 4.18. The molecule has 0 aliphatic heterocycles. The highest BCUT2D eigenvalue weighted by molar-refractivity contribution is 9.10. The van der Waals surface area contributed by atoms with Crippen molar-refractivity contribution >= 4 is 21.8 Å². The summed E-state index contributed by atoms with van der Waals surface area (Å²) in [4.78, 5) is 13.6. The molecule has 0 N–H and O–H groups in total. The zero-order chi connectivity index (χ0) is 11.5. The van der Waals surface area contributed by atoms with E-state index in [9.17, 15) is 10.1 Å². The molecule has 0 aromatic carbocycles. The Labute approximate surface area is 98.1 Å². The second-order valence-electron chi connectivity index (χ2n) is 2.79. The fraction of sp³-hybridized carbons (Fsp3) is 0. The van der Waals surface area contributed by atoms with E-state index in [1.807, 2.05) is 0 Å². The maximum atomic E-state index is 10.4. The molecule has 6 nitrogen and oxygen atoms in total. The van der Waals surface area contributed by atoms with Gasteiger partial charge in [0.25, 0.3) is 5.95 Å². The first-order chi connectivity index (χ1) is 7.65. The van der Waals surface area contributed by atoms with Gasteiger partial charge in [0.05, 0.1) is 12.3 Å². The van der Waals surface area contributed by atoms with Crippen LogP contribution in [-0.2, 0) is 0 Å². The van der Waals surface area contributed by atoms with Gasteiger partial charge in [-0.05, 0) is 22.0 Å². The third kappa shape index (κ3) is 2.37. The third-order valence-electron chi connectivity index (χ3n) is 1.65. The summed E-state index contributed by atoms with van der Waals surface area (Å²) in [6.07, 6.45) is 3.07. The van der Waals surface area contributed by atoms with E-state index in [2.05, 4.69) is 20.9 Å². The highest BCUT2D eigenvalue weighted by Gasteiger charge is 2.13. The van der Waals surface area contributed by atoms with Crippen LogP contribution in [0.3, 0.4) is 0 Å². The fourth-order valence-electron chi connectivity index (χ4n) is 1.03. The van der Waals surface area contributed by atoms with Crippen molar-refractivity contribution in [2.24, 2.45) is 0 Å². The van der Waals surface area contributed by atoms with E-state index < -0.39 is 4.92 Å². The summed E-state index contributed by atoms with van der Waals surface area (Å²) in [6.45, 7) is 0. The van der Waals surface area contributed by atoms with Crippen LogP contribution in [-0.4, -0.2) is 9.91 Å². The maximum Gasteiger partial charge on any atom is 0.436 e. The van der Waals surface area contributed by atoms with Crippen LogP contribution in [0.1, 0.15) is 0 Å². The summed E-state index contributed by atoms with van der Waals surface area (Å²) in [7, 11) is 0. The van der Waals surface area contributed by atoms with Gasteiger partial charge < -0.3 is 9.15 Å². The van der Waals surface area contributed by atoms with Gasteiger partial charge >= 0.3 is 5.88 Å². The molecule has 2 rings (SSSR count). The Morgan fingerprint density at radius 1 is 1.44 bits per heavy atom. The summed E-state index contributed by atoms with van der Waals surface area (Å²) in [5, 5.41) is 10.4. The van der Waals surface area contributed by atoms with E-state index in [0.717, 1.165) is 4.47 Å². The number of nitrogens with zero attached hydrogens (tertiary/aromatic N) is 2. The largest absolute Gasteiger partial charge is 0.436 e. The van der Waals surface area contributed by atoms with Crippen molar-refractivity contribution in [3.05, 3.63) is 45.2 Å². The van der Waals surface area contributed by atoms with Crippen LogP contribution in [0.5, 0.6) is 11.7 Å². The molecule has 0 fully saturated rings. The summed E-state index contributed by atoms with van der Waals surface area (Å²) < 4.78 is 10.8. The van der Waals surface area contributed by atoms with Crippen molar-refractivity contribution in [2.75, 3.05) is 0 Å². The molecule has 0 bridgehead atoms. The van der Waals surface area contributed by atoms with Gasteiger partial charge in [-0.25, -0.2) is 0 Å². The fourth-order valence-corrected chi connectivity index (χ4v) is 1.37. The molecule has 0 spiro atoms. The molecule has 0 saturated heterocycles. The molecule has 2 aromatic heterocycles. The number of hydrogen-bond donors (Lipinski definition) is 0. The van der Waals surface area contributed by atoms with Crippen molar-refractivity contribution in [3.63, 3.8) is 0 Å². The lowest BCUT2D eigenvalue weighted by molar-refractivity contribution is -0.402. The number of pyridine rings is 1. The minimum Gasteiger partial charge on any atom is -0.424 e. The quantitative estimate of drug-likeness (QED) is 0.639. The van der Waals surface area contributed by atoms with Crippen LogP contribution in [0.15, 0.2) is 39.5 Å². The zero-order valence-corrected chi connectivity index (χ0v) is 9.38. The molecule has 0 unspecified atom stereocenters. The van der Waals surface area contributed by atoms with Gasteiger partial charge in [0.1, 0.15) is 10.7 Å². The first-order valence-corrected chi connectivity index (χ1v) is 4.97. The minimum atomic E-state index is -0.633. The Morgan fingerprint density at radius 3 is 2.88 bits per heavy atom. The highest BCUT2D eigenvalue weighted by Crippen LogP contribution is 2.27. The Kier molecular flexibility index (Phi) is 2.86. The molecular weight excluding hydrogens is 280 g/mol. The molecule has 0 saturated carbocycles. The van der Waals surface area contributed by atoms with Crippen LogP contribution < -0.4 is 4.74 Å². The van der Waals surface area contributed by atoms with Crippen molar-refractivity contribution in [1.82, 2.24) is 4.98 Å². The number of rotatable bonds is 3. The Morgan fingerprint density at radius 2 is 2.25 bits per heavy atom. The van der Waals surface area contributed by atoms with Crippen LogP contribution >= 0.6 is 15.9 Å². The summed E-state index contributed by atoms with van der Waals surface area (Å²) >= 11 is 3.22. The molecule has 82 valence electrons. The average molecular weight is 285 g/mol. The van der Waals surface area contributed by atoms with Crippen molar-refractivity contribution in [3.8, 4) is 11.7 Å². The van der Waals surface area contributed by atoms with E-state index in [1.54, 1.807) is 12.3 Å². The van der Waals surface area contributed by atoms with Gasteiger partial charge in [0.2, 0.25) is 0 Å². The molecule has 0 atom stereocenters.